The molecule has 0 aliphatic rings. The van der Waals surface area contributed by atoms with Crippen molar-refractivity contribution in [3.05, 3.63) is 47.5 Å². The summed E-state index contributed by atoms with van der Waals surface area (Å²) in [5.74, 6) is 0.576. The van der Waals surface area contributed by atoms with Crippen LogP contribution in [0.25, 0.3) is 21.8 Å². The molecule has 3 aromatic rings. The highest BCUT2D eigenvalue weighted by Gasteiger charge is 2.06. The Labute approximate surface area is 101 Å². The van der Waals surface area contributed by atoms with E-state index in [2.05, 4.69) is 62.2 Å². The van der Waals surface area contributed by atoms with E-state index in [0.29, 0.717) is 5.92 Å². The Morgan fingerprint density at radius 3 is 2.47 bits per heavy atom. The van der Waals surface area contributed by atoms with Gasteiger partial charge in [-0.3, -0.25) is 0 Å². The van der Waals surface area contributed by atoms with Crippen molar-refractivity contribution < 1.29 is 0 Å². The molecular formula is C16H17N. The third-order valence-electron chi connectivity index (χ3n) is 3.44. The van der Waals surface area contributed by atoms with Crippen LogP contribution in [0, 0.1) is 6.92 Å². The van der Waals surface area contributed by atoms with Crippen molar-refractivity contribution in [2.75, 3.05) is 0 Å². The van der Waals surface area contributed by atoms with E-state index in [0.717, 1.165) is 0 Å². The predicted octanol–water partition coefficient (Wildman–Crippen LogP) is 4.75. The monoisotopic (exact) mass is 223 g/mol. The molecule has 0 spiro atoms. The van der Waals surface area contributed by atoms with Crippen molar-refractivity contribution in [1.29, 1.82) is 0 Å². The minimum Gasteiger partial charge on any atom is -0.355 e. The Kier molecular flexibility index (Phi) is 2.22. The highest BCUT2D eigenvalue weighted by atomic mass is 14.7. The average Bonchev–Trinajstić information content (AvgIpc) is 2.66. The lowest BCUT2D eigenvalue weighted by Gasteiger charge is -2.04. The van der Waals surface area contributed by atoms with Crippen molar-refractivity contribution >= 4 is 21.8 Å². The van der Waals surface area contributed by atoms with Crippen LogP contribution in [0.5, 0.6) is 0 Å². The van der Waals surface area contributed by atoms with Crippen LogP contribution in [0.2, 0.25) is 0 Å². The molecule has 1 nitrogen and oxygen atoms in total. The van der Waals surface area contributed by atoms with Crippen LogP contribution in [0.1, 0.15) is 30.9 Å². The van der Waals surface area contributed by atoms with Gasteiger partial charge in [0.25, 0.3) is 0 Å². The summed E-state index contributed by atoms with van der Waals surface area (Å²) in [6.07, 6.45) is 0. The second-order valence-corrected chi connectivity index (χ2v) is 5.13. The zero-order valence-electron chi connectivity index (χ0n) is 10.5. The summed E-state index contributed by atoms with van der Waals surface area (Å²) < 4.78 is 0. The smallest absolute Gasteiger partial charge is 0.0467 e. The standard InChI is InChI=1S/C16H17N/c1-10(2)12-5-6-13-14-8-11(3)4-7-15(14)17-16(13)9-12/h4-10,17H,1-3H3. The normalized spacial score (nSPS) is 11.8. The van der Waals surface area contributed by atoms with Crippen LogP contribution in [0.4, 0.5) is 0 Å². The topological polar surface area (TPSA) is 15.8 Å². The van der Waals surface area contributed by atoms with Gasteiger partial charge in [0.15, 0.2) is 0 Å². The highest BCUT2D eigenvalue weighted by molar-refractivity contribution is 6.07. The molecule has 1 heteroatoms. The fourth-order valence-corrected chi connectivity index (χ4v) is 2.39. The Hall–Kier alpha value is -1.76. The zero-order valence-corrected chi connectivity index (χ0v) is 10.5. The summed E-state index contributed by atoms with van der Waals surface area (Å²) in [6.45, 7) is 6.60. The first kappa shape index (κ1) is 10.4. The number of H-pyrrole nitrogens is 1. The molecule has 0 radical (unpaired) electrons. The van der Waals surface area contributed by atoms with Crippen molar-refractivity contribution in [2.45, 2.75) is 26.7 Å². The molecule has 1 aromatic heterocycles. The number of aryl methyl sites for hydroxylation is 1. The first-order valence-corrected chi connectivity index (χ1v) is 6.17. The first-order chi connectivity index (χ1) is 8.15. The molecule has 1 N–H and O–H groups in total. The average molecular weight is 223 g/mol. The fraction of sp³-hybridized carbons (Fsp3) is 0.250. The molecule has 0 amide bonds. The number of nitrogens with one attached hydrogen (secondary N) is 1. The number of aromatic nitrogens is 1. The molecule has 0 bridgehead atoms. The van der Waals surface area contributed by atoms with Gasteiger partial charge in [-0.05, 0) is 36.6 Å². The third kappa shape index (κ3) is 1.62. The molecule has 1 heterocycles. The Morgan fingerprint density at radius 1 is 0.882 bits per heavy atom. The van der Waals surface area contributed by atoms with Gasteiger partial charge in [0.1, 0.15) is 0 Å². The molecule has 17 heavy (non-hydrogen) atoms. The van der Waals surface area contributed by atoms with Crippen LogP contribution in [-0.2, 0) is 0 Å². The van der Waals surface area contributed by atoms with Gasteiger partial charge in [-0.25, -0.2) is 0 Å². The molecule has 0 unspecified atom stereocenters. The minimum atomic E-state index is 0.576. The van der Waals surface area contributed by atoms with E-state index >= 15 is 0 Å². The second kappa shape index (κ2) is 3.63. The Balaban J connectivity index is 2.36. The first-order valence-electron chi connectivity index (χ1n) is 6.17. The molecule has 3 rings (SSSR count). The Morgan fingerprint density at radius 2 is 1.71 bits per heavy atom. The van der Waals surface area contributed by atoms with E-state index in [4.69, 9.17) is 0 Å². The molecule has 0 saturated carbocycles. The van der Waals surface area contributed by atoms with Crippen molar-refractivity contribution in [3.8, 4) is 0 Å². The van der Waals surface area contributed by atoms with Gasteiger partial charge in [-0.2, -0.15) is 0 Å². The summed E-state index contributed by atoms with van der Waals surface area (Å²) in [6, 6.07) is 13.3. The van der Waals surface area contributed by atoms with E-state index < -0.39 is 0 Å². The number of fused-ring (bicyclic) bond motifs is 3. The fourth-order valence-electron chi connectivity index (χ4n) is 2.39. The number of benzene rings is 2. The molecule has 0 aliphatic carbocycles. The summed E-state index contributed by atoms with van der Waals surface area (Å²) in [4.78, 5) is 3.50. The van der Waals surface area contributed by atoms with E-state index in [9.17, 15) is 0 Å². The largest absolute Gasteiger partial charge is 0.355 e. The molecule has 0 atom stereocenters. The summed E-state index contributed by atoms with van der Waals surface area (Å²) in [5, 5.41) is 2.66. The molecular weight excluding hydrogens is 206 g/mol. The van der Waals surface area contributed by atoms with Gasteiger partial charge in [0.05, 0.1) is 0 Å². The number of hydrogen-bond donors (Lipinski definition) is 1. The maximum absolute atomic E-state index is 3.50. The summed E-state index contributed by atoms with van der Waals surface area (Å²) >= 11 is 0. The summed E-state index contributed by atoms with van der Waals surface area (Å²) in [7, 11) is 0. The van der Waals surface area contributed by atoms with Crippen LogP contribution in [0.3, 0.4) is 0 Å². The molecule has 0 saturated heterocycles. The van der Waals surface area contributed by atoms with Gasteiger partial charge in [-0.1, -0.05) is 37.6 Å². The van der Waals surface area contributed by atoms with Crippen LogP contribution >= 0.6 is 0 Å². The number of hydrogen-bond acceptors (Lipinski definition) is 0. The predicted molar refractivity (Wildman–Crippen MR) is 74.6 cm³/mol. The van der Waals surface area contributed by atoms with E-state index in [1.807, 2.05) is 0 Å². The maximum atomic E-state index is 3.50. The Bertz CT molecular complexity index is 689. The van der Waals surface area contributed by atoms with Gasteiger partial charge in [0.2, 0.25) is 0 Å². The van der Waals surface area contributed by atoms with Gasteiger partial charge in [-0.15, -0.1) is 0 Å². The second-order valence-electron chi connectivity index (χ2n) is 5.13. The zero-order chi connectivity index (χ0) is 12.0. The van der Waals surface area contributed by atoms with E-state index in [1.54, 1.807) is 0 Å². The van der Waals surface area contributed by atoms with Gasteiger partial charge in [0, 0.05) is 21.8 Å². The van der Waals surface area contributed by atoms with Crippen LogP contribution < -0.4 is 0 Å². The van der Waals surface area contributed by atoms with Gasteiger partial charge >= 0.3 is 0 Å². The van der Waals surface area contributed by atoms with Crippen molar-refractivity contribution in [3.63, 3.8) is 0 Å². The molecule has 2 aromatic carbocycles. The summed E-state index contributed by atoms with van der Waals surface area (Å²) in [5.41, 5.74) is 5.18. The lowest BCUT2D eigenvalue weighted by molar-refractivity contribution is 0.868. The minimum absolute atomic E-state index is 0.576. The third-order valence-corrected chi connectivity index (χ3v) is 3.44. The number of aromatic amines is 1. The SMILES string of the molecule is Cc1ccc2[nH]c3cc(C(C)C)ccc3c2c1. The van der Waals surface area contributed by atoms with Crippen molar-refractivity contribution in [2.24, 2.45) is 0 Å². The quantitative estimate of drug-likeness (QED) is 0.612. The molecule has 0 fully saturated rings. The van der Waals surface area contributed by atoms with E-state index in [1.165, 1.54) is 32.9 Å². The lowest BCUT2D eigenvalue weighted by Crippen LogP contribution is -1.85. The van der Waals surface area contributed by atoms with Crippen LogP contribution in [0.15, 0.2) is 36.4 Å². The van der Waals surface area contributed by atoms with E-state index in [-0.39, 0.29) is 0 Å². The molecule has 86 valence electrons. The van der Waals surface area contributed by atoms with Gasteiger partial charge < -0.3 is 4.98 Å². The maximum Gasteiger partial charge on any atom is 0.0467 e. The lowest BCUT2D eigenvalue weighted by atomic mass is 10.0. The highest BCUT2D eigenvalue weighted by Crippen LogP contribution is 2.28. The molecule has 0 aliphatic heterocycles. The van der Waals surface area contributed by atoms with Crippen LogP contribution in [-0.4, -0.2) is 4.98 Å². The van der Waals surface area contributed by atoms with Crippen molar-refractivity contribution in [1.82, 2.24) is 4.98 Å². The number of rotatable bonds is 1.